The Morgan fingerprint density at radius 2 is 1.78 bits per heavy atom. The molecule has 1 amide bonds. The highest BCUT2D eigenvalue weighted by molar-refractivity contribution is 7.90. The summed E-state index contributed by atoms with van der Waals surface area (Å²) in [5, 5.41) is 9.66. The molecule has 8 heteroatoms. The molecule has 132 valence electrons. The number of rotatable bonds is 5. The second-order valence-electron chi connectivity index (χ2n) is 7.34. The van der Waals surface area contributed by atoms with Gasteiger partial charge in [0, 0.05) is 25.6 Å². The number of likely N-dealkylation sites (tertiary alicyclic amines) is 1. The number of primary amides is 1. The van der Waals surface area contributed by atoms with Gasteiger partial charge in [-0.05, 0) is 50.6 Å². The quantitative estimate of drug-likeness (QED) is 0.690. The van der Waals surface area contributed by atoms with Gasteiger partial charge < -0.3 is 10.8 Å². The number of hydrogen-bond donors (Lipinski definition) is 2. The van der Waals surface area contributed by atoms with Gasteiger partial charge >= 0.3 is 0 Å². The van der Waals surface area contributed by atoms with Gasteiger partial charge in [-0.2, -0.15) is 0 Å². The van der Waals surface area contributed by atoms with E-state index in [1.54, 1.807) is 4.31 Å². The lowest BCUT2D eigenvalue weighted by Gasteiger charge is -2.51. The first kappa shape index (κ1) is 17.1. The molecule has 2 saturated heterocycles. The maximum Gasteiger partial charge on any atom is 0.231 e. The predicted octanol–water partition coefficient (Wildman–Crippen LogP) is -0.640. The second-order valence-corrected chi connectivity index (χ2v) is 9.55. The monoisotopic (exact) mass is 345 g/mol. The van der Waals surface area contributed by atoms with Crippen LogP contribution in [-0.4, -0.2) is 73.2 Å². The molecule has 7 nitrogen and oxygen atoms in total. The van der Waals surface area contributed by atoms with Crippen LogP contribution in [0.4, 0.5) is 0 Å². The van der Waals surface area contributed by atoms with Crippen LogP contribution in [0.25, 0.3) is 0 Å². The van der Waals surface area contributed by atoms with Gasteiger partial charge in [-0.25, -0.2) is 12.7 Å². The number of aliphatic hydroxyl groups excluding tert-OH is 1. The average molecular weight is 345 g/mol. The van der Waals surface area contributed by atoms with Crippen molar-refractivity contribution >= 4 is 15.9 Å². The lowest BCUT2D eigenvalue weighted by atomic mass is 9.65. The third-order valence-corrected chi connectivity index (χ3v) is 8.27. The van der Waals surface area contributed by atoms with E-state index in [1.807, 2.05) is 0 Å². The summed E-state index contributed by atoms with van der Waals surface area (Å²) in [4.78, 5) is 13.1. The van der Waals surface area contributed by atoms with Crippen molar-refractivity contribution in [2.75, 3.05) is 39.3 Å². The Labute approximate surface area is 137 Å². The maximum absolute atomic E-state index is 12.4. The Hall–Kier alpha value is -0.700. The molecule has 1 atom stereocenters. The van der Waals surface area contributed by atoms with Crippen LogP contribution < -0.4 is 5.73 Å². The summed E-state index contributed by atoms with van der Waals surface area (Å²) in [6.45, 7) is 2.87. The van der Waals surface area contributed by atoms with Crippen molar-refractivity contribution in [1.29, 1.82) is 0 Å². The summed E-state index contributed by atoms with van der Waals surface area (Å²) in [7, 11) is -3.16. The minimum absolute atomic E-state index is 0.00152. The highest BCUT2D eigenvalue weighted by Gasteiger charge is 2.49. The van der Waals surface area contributed by atoms with Gasteiger partial charge in [-0.1, -0.05) is 0 Å². The summed E-state index contributed by atoms with van der Waals surface area (Å²) in [6.07, 6.45) is 4.13. The molecule has 3 rings (SSSR count). The van der Waals surface area contributed by atoms with Crippen molar-refractivity contribution in [3.8, 4) is 0 Å². The first-order chi connectivity index (χ1) is 10.9. The van der Waals surface area contributed by atoms with Crippen LogP contribution >= 0.6 is 0 Å². The molecule has 0 aromatic carbocycles. The van der Waals surface area contributed by atoms with E-state index in [0.717, 1.165) is 45.2 Å². The molecule has 0 unspecified atom stereocenters. The van der Waals surface area contributed by atoms with Crippen LogP contribution in [0.15, 0.2) is 0 Å². The van der Waals surface area contributed by atoms with Crippen molar-refractivity contribution in [1.82, 2.24) is 9.21 Å². The normalized spacial score (nSPS) is 29.7. The molecule has 23 heavy (non-hydrogen) atoms. The zero-order valence-corrected chi connectivity index (χ0v) is 14.3. The maximum atomic E-state index is 12.4. The number of amides is 1. The first-order valence-corrected chi connectivity index (χ1v) is 9.98. The van der Waals surface area contributed by atoms with Gasteiger partial charge in [0.1, 0.15) is 0 Å². The van der Waals surface area contributed by atoms with Gasteiger partial charge in [0.15, 0.2) is 0 Å². The van der Waals surface area contributed by atoms with Crippen LogP contribution in [0, 0.1) is 11.3 Å². The fourth-order valence-corrected chi connectivity index (χ4v) is 6.06. The highest BCUT2D eigenvalue weighted by Crippen LogP contribution is 2.46. The molecule has 1 aliphatic carbocycles. The number of aliphatic hydroxyl groups is 1. The van der Waals surface area contributed by atoms with Crippen LogP contribution in [-0.2, 0) is 14.8 Å². The summed E-state index contributed by atoms with van der Waals surface area (Å²) < 4.78 is 26.5. The zero-order valence-electron chi connectivity index (χ0n) is 13.5. The van der Waals surface area contributed by atoms with E-state index in [0.29, 0.717) is 13.1 Å². The summed E-state index contributed by atoms with van der Waals surface area (Å²) >= 11 is 0. The molecule has 0 aromatic rings. The molecular weight excluding hydrogens is 318 g/mol. The Bertz CT molecular complexity index is 553. The van der Waals surface area contributed by atoms with Crippen molar-refractivity contribution in [2.45, 2.75) is 37.4 Å². The third kappa shape index (κ3) is 3.40. The van der Waals surface area contributed by atoms with Crippen molar-refractivity contribution in [2.24, 2.45) is 17.1 Å². The molecule has 3 aliphatic rings. The number of hydrogen-bond acceptors (Lipinski definition) is 5. The molecule has 3 N–H and O–H groups in total. The molecule has 1 saturated carbocycles. The van der Waals surface area contributed by atoms with E-state index in [1.165, 1.54) is 0 Å². The molecule has 3 fully saturated rings. The Morgan fingerprint density at radius 3 is 2.30 bits per heavy atom. The largest absolute Gasteiger partial charge is 0.396 e. The smallest absolute Gasteiger partial charge is 0.231 e. The lowest BCUT2D eigenvalue weighted by Crippen LogP contribution is -2.55. The van der Waals surface area contributed by atoms with Crippen molar-refractivity contribution in [3.63, 3.8) is 0 Å². The summed E-state index contributed by atoms with van der Waals surface area (Å²) in [6, 6.07) is 0. The SMILES string of the molecule is NC(=O)CN1CCC2(CC1)CCN(S(=O)(=O)C1CC1)C[C@H]2CO. The summed E-state index contributed by atoms with van der Waals surface area (Å²) in [5.74, 6) is -0.328. The second kappa shape index (κ2) is 6.31. The molecule has 1 spiro atoms. The number of nitrogens with zero attached hydrogens (tertiary/aromatic N) is 2. The topological polar surface area (TPSA) is 104 Å². The predicted molar refractivity (Wildman–Crippen MR) is 86.0 cm³/mol. The third-order valence-electron chi connectivity index (χ3n) is 5.91. The van der Waals surface area contributed by atoms with Crippen LogP contribution in [0.2, 0.25) is 0 Å². The van der Waals surface area contributed by atoms with Gasteiger partial charge in [-0.3, -0.25) is 9.69 Å². The minimum atomic E-state index is -3.16. The Kier molecular flexibility index (Phi) is 4.70. The molecule has 0 aromatic heterocycles. The summed E-state index contributed by atoms with van der Waals surface area (Å²) in [5.41, 5.74) is 5.25. The van der Waals surface area contributed by atoms with E-state index in [4.69, 9.17) is 5.73 Å². The van der Waals surface area contributed by atoms with Gasteiger partial charge in [-0.15, -0.1) is 0 Å². The molecule has 0 radical (unpaired) electrons. The van der Waals surface area contributed by atoms with E-state index in [2.05, 4.69) is 4.90 Å². The number of carbonyl (C=O) groups is 1. The number of carbonyl (C=O) groups excluding carboxylic acids is 1. The van der Waals surface area contributed by atoms with E-state index >= 15 is 0 Å². The zero-order chi connectivity index (χ0) is 16.7. The van der Waals surface area contributed by atoms with E-state index in [-0.39, 0.29) is 35.6 Å². The fraction of sp³-hybridized carbons (Fsp3) is 0.933. The molecule has 0 bridgehead atoms. The standard InChI is InChI=1S/C15H27N3O4S/c16-14(20)10-17-6-3-15(4-7-17)5-8-18(9-12(15)11-19)23(21,22)13-1-2-13/h12-13,19H,1-11H2,(H2,16,20)/t12-/m0/s1. The molecule has 2 heterocycles. The fourth-order valence-electron chi connectivity index (χ4n) is 4.18. The van der Waals surface area contributed by atoms with Crippen LogP contribution in [0.3, 0.4) is 0 Å². The minimum Gasteiger partial charge on any atom is -0.396 e. The number of sulfonamides is 1. The Balaban J connectivity index is 1.65. The van der Waals surface area contributed by atoms with E-state index < -0.39 is 10.0 Å². The van der Waals surface area contributed by atoms with Gasteiger partial charge in [0.2, 0.25) is 15.9 Å². The average Bonchev–Trinajstić information content (AvgIpc) is 3.35. The number of piperidine rings is 2. The van der Waals surface area contributed by atoms with Crippen molar-refractivity contribution < 1.29 is 18.3 Å². The van der Waals surface area contributed by atoms with Crippen LogP contribution in [0.1, 0.15) is 32.1 Å². The van der Waals surface area contributed by atoms with Crippen LogP contribution in [0.5, 0.6) is 0 Å². The molecule has 2 aliphatic heterocycles. The van der Waals surface area contributed by atoms with E-state index in [9.17, 15) is 18.3 Å². The van der Waals surface area contributed by atoms with Gasteiger partial charge in [0.25, 0.3) is 0 Å². The lowest BCUT2D eigenvalue weighted by molar-refractivity contribution is -0.120. The Morgan fingerprint density at radius 1 is 1.17 bits per heavy atom. The van der Waals surface area contributed by atoms with Gasteiger partial charge in [0.05, 0.1) is 11.8 Å². The first-order valence-electron chi connectivity index (χ1n) is 8.48. The molecular formula is C15H27N3O4S. The van der Waals surface area contributed by atoms with Crippen molar-refractivity contribution in [3.05, 3.63) is 0 Å². The number of nitrogens with two attached hydrogens (primary N) is 1. The highest BCUT2D eigenvalue weighted by atomic mass is 32.2.